The van der Waals surface area contributed by atoms with Gasteiger partial charge in [0.2, 0.25) is 0 Å². The summed E-state index contributed by atoms with van der Waals surface area (Å²) in [6.45, 7) is 10.3. The Kier molecular flexibility index (Phi) is 2.24. The number of hydrogen-bond donors (Lipinski definition) is 1. The summed E-state index contributed by atoms with van der Waals surface area (Å²) in [6.07, 6.45) is 3.85. The van der Waals surface area contributed by atoms with Gasteiger partial charge in [0.25, 0.3) is 0 Å². The lowest BCUT2D eigenvalue weighted by Gasteiger charge is -2.20. The smallest absolute Gasteiger partial charge is 0.0543 e. The molecule has 0 aromatic carbocycles. The zero-order chi connectivity index (χ0) is 10.3. The van der Waals surface area contributed by atoms with Crippen molar-refractivity contribution in [2.24, 2.45) is 5.73 Å². The first-order valence-corrected chi connectivity index (χ1v) is 4.56. The molecule has 1 heterocycles. The Balaban J connectivity index is 3.01. The van der Waals surface area contributed by atoms with Gasteiger partial charge in [-0.2, -0.15) is 5.10 Å². The van der Waals surface area contributed by atoms with Crippen molar-refractivity contribution in [2.45, 2.75) is 45.7 Å². The highest BCUT2D eigenvalue weighted by molar-refractivity contribution is 5.15. The van der Waals surface area contributed by atoms with Gasteiger partial charge < -0.3 is 5.73 Å². The van der Waals surface area contributed by atoms with E-state index in [4.69, 9.17) is 5.73 Å². The second-order valence-corrected chi connectivity index (χ2v) is 5.07. The van der Waals surface area contributed by atoms with Crippen LogP contribution in [0.2, 0.25) is 0 Å². The van der Waals surface area contributed by atoms with Crippen molar-refractivity contribution in [3.63, 3.8) is 0 Å². The Morgan fingerprint density at radius 1 is 1.23 bits per heavy atom. The quantitative estimate of drug-likeness (QED) is 0.718. The highest BCUT2D eigenvalue weighted by Gasteiger charge is 2.20. The summed E-state index contributed by atoms with van der Waals surface area (Å²) >= 11 is 0. The first-order valence-electron chi connectivity index (χ1n) is 4.56. The van der Waals surface area contributed by atoms with Crippen LogP contribution in [0.3, 0.4) is 0 Å². The number of nitrogens with zero attached hydrogens (tertiary/aromatic N) is 2. The van der Waals surface area contributed by atoms with E-state index in [9.17, 15) is 0 Å². The highest BCUT2D eigenvalue weighted by atomic mass is 15.3. The minimum atomic E-state index is -0.302. The summed E-state index contributed by atoms with van der Waals surface area (Å²) < 4.78 is 1.94. The van der Waals surface area contributed by atoms with E-state index in [1.54, 1.807) is 0 Å². The molecule has 3 nitrogen and oxygen atoms in total. The molecule has 1 aromatic heterocycles. The molecule has 0 saturated carbocycles. The number of aromatic nitrogens is 2. The van der Waals surface area contributed by atoms with E-state index in [2.05, 4.69) is 25.9 Å². The van der Waals surface area contributed by atoms with Crippen molar-refractivity contribution in [3.8, 4) is 0 Å². The minimum Gasteiger partial charge on any atom is -0.322 e. The lowest BCUT2D eigenvalue weighted by Crippen LogP contribution is -2.28. The van der Waals surface area contributed by atoms with Crippen molar-refractivity contribution in [3.05, 3.63) is 18.0 Å². The fourth-order valence-corrected chi connectivity index (χ4v) is 1.02. The molecule has 0 radical (unpaired) electrons. The Bertz CT molecular complexity index is 257. The second-order valence-electron chi connectivity index (χ2n) is 5.07. The standard InChI is InChI=1S/C10H19N3/c1-9(2,3)13-7-8(6-12-13)10(4,5)11/h6-7H,11H2,1-5H3. The third-order valence-electron chi connectivity index (χ3n) is 2.01. The van der Waals surface area contributed by atoms with Crippen molar-refractivity contribution in [2.75, 3.05) is 0 Å². The molecule has 0 fully saturated rings. The van der Waals surface area contributed by atoms with Gasteiger partial charge in [-0.15, -0.1) is 0 Å². The number of hydrogen-bond acceptors (Lipinski definition) is 2. The number of nitrogens with two attached hydrogens (primary N) is 1. The fraction of sp³-hybridized carbons (Fsp3) is 0.700. The van der Waals surface area contributed by atoms with E-state index in [0.717, 1.165) is 5.56 Å². The molecule has 0 saturated heterocycles. The summed E-state index contributed by atoms with van der Waals surface area (Å²) in [7, 11) is 0. The van der Waals surface area contributed by atoms with Gasteiger partial charge >= 0.3 is 0 Å². The van der Waals surface area contributed by atoms with Gasteiger partial charge in [0.1, 0.15) is 0 Å². The Labute approximate surface area is 79.9 Å². The predicted molar refractivity (Wildman–Crippen MR) is 54.4 cm³/mol. The van der Waals surface area contributed by atoms with Crippen molar-refractivity contribution < 1.29 is 0 Å². The van der Waals surface area contributed by atoms with Gasteiger partial charge in [0.15, 0.2) is 0 Å². The van der Waals surface area contributed by atoms with Crippen molar-refractivity contribution in [1.29, 1.82) is 0 Å². The molecule has 0 bridgehead atoms. The van der Waals surface area contributed by atoms with Crippen LogP contribution in [-0.4, -0.2) is 9.78 Å². The topological polar surface area (TPSA) is 43.8 Å². The fourth-order valence-electron chi connectivity index (χ4n) is 1.02. The summed E-state index contributed by atoms with van der Waals surface area (Å²) in [5, 5.41) is 4.29. The molecule has 13 heavy (non-hydrogen) atoms. The number of rotatable bonds is 1. The van der Waals surface area contributed by atoms with E-state index < -0.39 is 0 Å². The van der Waals surface area contributed by atoms with Gasteiger partial charge in [0, 0.05) is 17.3 Å². The molecule has 1 aromatic rings. The monoisotopic (exact) mass is 181 g/mol. The lowest BCUT2D eigenvalue weighted by molar-refractivity contribution is 0.354. The predicted octanol–water partition coefficient (Wildman–Crippen LogP) is 1.83. The molecule has 74 valence electrons. The molecule has 0 spiro atoms. The summed E-state index contributed by atoms with van der Waals surface area (Å²) in [5.41, 5.74) is 6.76. The Morgan fingerprint density at radius 2 is 1.77 bits per heavy atom. The van der Waals surface area contributed by atoms with Crippen LogP contribution in [0.4, 0.5) is 0 Å². The van der Waals surface area contributed by atoms with Crippen LogP contribution in [0.5, 0.6) is 0 Å². The summed E-state index contributed by atoms with van der Waals surface area (Å²) in [6, 6.07) is 0. The van der Waals surface area contributed by atoms with Gasteiger partial charge in [-0.3, -0.25) is 4.68 Å². The molecule has 3 heteroatoms. The molecule has 1 rings (SSSR count). The highest BCUT2D eigenvalue weighted by Crippen LogP contribution is 2.19. The summed E-state index contributed by atoms with van der Waals surface area (Å²) in [5.74, 6) is 0. The SMILES string of the molecule is CC(C)(N)c1cnn(C(C)(C)C)c1. The third kappa shape index (κ3) is 2.31. The van der Waals surface area contributed by atoms with Gasteiger partial charge in [-0.25, -0.2) is 0 Å². The van der Waals surface area contributed by atoms with Crippen LogP contribution < -0.4 is 5.73 Å². The largest absolute Gasteiger partial charge is 0.322 e. The van der Waals surface area contributed by atoms with E-state index in [-0.39, 0.29) is 11.1 Å². The van der Waals surface area contributed by atoms with Gasteiger partial charge in [-0.1, -0.05) is 0 Å². The molecule has 0 atom stereocenters. The van der Waals surface area contributed by atoms with E-state index in [1.165, 1.54) is 0 Å². The molecular formula is C10H19N3. The van der Waals surface area contributed by atoms with Crippen LogP contribution in [0.1, 0.15) is 40.2 Å². The average molecular weight is 181 g/mol. The molecule has 2 N–H and O–H groups in total. The van der Waals surface area contributed by atoms with Crippen molar-refractivity contribution >= 4 is 0 Å². The van der Waals surface area contributed by atoms with E-state index in [0.29, 0.717) is 0 Å². The van der Waals surface area contributed by atoms with Crippen LogP contribution in [0.15, 0.2) is 12.4 Å². The van der Waals surface area contributed by atoms with Crippen LogP contribution >= 0.6 is 0 Å². The molecule has 0 amide bonds. The molecule has 0 aliphatic rings. The van der Waals surface area contributed by atoms with Crippen LogP contribution in [0.25, 0.3) is 0 Å². The van der Waals surface area contributed by atoms with E-state index in [1.807, 2.05) is 30.9 Å². The molecule has 0 unspecified atom stereocenters. The first-order chi connectivity index (χ1) is 5.71. The van der Waals surface area contributed by atoms with Gasteiger partial charge in [0.05, 0.1) is 11.7 Å². The first kappa shape index (κ1) is 10.3. The Morgan fingerprint density at radius 3 is 2.00 bits per heavy atom. The lowest BCUT2D eigenvalue weighted by atomic mass is 9.99. The molecular weight excluding hydrogens is 162 g/mol. The Hall–Kier alpha value is -0.830. The molecule has 0 aliphatic heterocycles. The zero-order valence-electron chi connectivity index (χ0n) is 9.13. The minimum absolute atomic E-state index is 0.0313. The normalized spacial score (nSPS) is 13.4. The summed E-state index contributed by atoms with van der Waals surface area (Å²) in [4.78, 5) is 0. The van der Waals surface area contributed by atoms with E-state index >= 15 is 0 Å². The zero-order valence-corrected chi connectivity index (χ0v) is 9.13. The maximum atomic E-state index is 5.96. The second kappa shape index (κ2) is 2.84. The maximum absolute atomic E-state index is 5.96. The van der Waals surface area contributed by atoms with Crippen LogP contribution in [-0.2, 0) is 11.1 Å². The van der Waals surface area contributed by atoms with Crippen LogP contribution in [0, 0.1) is 0 Å². The van der Waals surface area contributed by atoms with Crippen molar-refractivity contribution in [1.82, 2.24) is 9.78 Å². The molecule has 0 aliphatic carbocycles. The third-order valence-corrected chi connectivity index (χ3v) is 2.01. The average Bonchev–Trinajstić information content (AvgIpc) is 2.28. The van der Waals surface area contributed by atoms with Gasteiger partial charge in [-0.05, 0) is 34.6 Å². The maximum Gasteiger partial charge on any atom is 0.0543 e.